The molecule has 0 radical (unpaired) electrons. The van der Waals surface area contributed by atoms with Gasteiger partial charge in [-0.15, -0.1) is 24.0 Å². The van der Waals surface area contributed by atoms with E-state index >= 15 is 0 Å². The van der Waals surface area contributed by atoms with Crippen molar-refractivity contribution >= 4 is 41.7 Å². The molecule has 1 saturated heterocycles. The smallest absolute Gasteiger partial charge is 0.191 e. The standard InChI is InChI=1S/C18H25N5S.HI/c1-14-17(12-20-18(19)22-8-10-24-11-9-22)15(2)23(21-14)13-16-6-4-3-5-7-16;/h3-7H,8-13H2,1-2H3,(H2,19,20);1H. The summed E-state index contributed by atoms with van der Waals surface area (Å²) in [6, 6.07) is 10.4. The zero-order valence-electron chi connectivity index (χ0n) is 14.8. The summed E-state index contributed by atoms with van der Waals surface area (Å²) in [6.45, 7) is 7.53. The number of guanidine groups is 1. The fourth-order valence-electron chi connectivity index (χ4n) is 2.93. The number of aryl methyl sites for hydroxylation is 1. The molecular weight excluding hydrogens is 445 g/mol. The maximum atomic E-state index is 6.17. The molecule has 5 nitrogen and oxygen atoms in total. The van der Waals surface area contributed by atoms with Gasteiger partial charge in [0, 0.05) is 35.9 Å². The van der Waals surface area contributed by atoms with Crippen LogP contribution in [0.5, 0.6) is 0 Å². The highest BCUT2D eigenvalue weighted by Gasteiger charge is 2.14. The Bertz CT molecular complexity index is 708. The fraction of sp³-hybridized carbons (Fsp3) is 0.444. The molecule has 2 heterocycles. The molecule has 1 fully saturated rings. The molecule has 7 heteroatoms. The summed E-state index contributed by atoms with van der Waals surface area (Å²) >= 11 is 1.97. The molecule has 25 heavy (non-hydrogen) atoms. The molecule has 0 aliphatic carbocycles. The fourth-order valence-corrected chi connectivity index (χ4v) is 3.83. The summed E-state index contributed by atoms with van der Waals surface area (Å²) in [5, 5.41) is 4.69. The van der Waals surface area contributed by atoms with Crippen LogP contribution in [0, 0.1) is 13.8 Å². The van der Waals surface area contributed by atoms with Crippen molar-refractivity contribution in [3.8, 4) is 0 Å². The minimum absolute atomic E-state index is 0. The maximum absolute atomic E-state index is 6.17. The number of hydrogen-bond donors (Lipinski definition) is 1. The zero-order chi connectivity index (χ0) is 16.9. The second-order valence-electron chi connectivity index (χ2n) is 6.07. The van der Waals surface area contributed by atoms with Crippen LogP contribution < -0.4 is 5.73 Å². The number of rotatable bonds is 4. The average molecular weight is 471 g/mol. The summed E-state index contributed by atoms with van der Waals surface area (Å²) < 4.78 is 2.06. The first-order chi connectivity index (χ1) is 11.6. The van der Waals surface area contributed by atoms with Crippen LogP contribution in [0.25, 0.3) is 0 Å². The molecule has 1 aliphatic rings. The molecule has 0 bridgehead atoms. The predicted molar refractivity (Wildman–Crippen MR) is 117 cm³/mol. The molecule has 2 aromatic rings. The summed E-state index contributed by atoms with van der Waals surface area (Å²) in [5.41, 5.74) is 10.8. The highest BCUT2D eigenvalue weighted by atomic mass is 127. The Kier molecular flexibility index (Phi) is 7.61. The van der Waals surface area contributed by atoms with E-state index in [9.17, 15) is 0 Å². The van der Waals surface area contributed by atoms with Crippen LogP contribution in [-0.4, -0.2) is 45.2 Å². The largest absolute Gasteiger partial charge is 0.370 e. The van der Waals surface area contributed by atoms with Crippen LogP contribution in [0.1, 0.15) is 22.5 Å². The lowest BCUT2D eigenvalue weighted by Crippen LogP contribution is -2.42. The normalized spacial score (nSPS) is 15.1. The molecule has 0 atom stereocenters. The third kappa shape index (κ3) is 5.13. The number of nitrogens with zero attached hydrogens (tertiary/aromatic N) is 4. The van der Waals surface area contributed by atoms with E-state index in [0.717, 1.165) is 36.8 Å². The number of benzene rings is 1. The maximum Gasteiger partial charge on any atom is 0.191 e. The van der Waals surface area contributed by atoms with Crippen molar-refractivity contribution in [2.24, 2.45) is 10.7 Å². The van der Waals surface area contributed by atoms with Crippen molar-refractivity contribution in [1.29, 1.82) is 0 Å². The molecule has 1 aromatic carbocycles. The monoisotopic (exact) mass is 471 g/mol. The van der Waals surface area contributed by atoms with Crippen LogP contribution in [-0.2, 0) is 13.1 Å². The quantitative estimate of drug-likeness (QED) is 0.423. The topological polar surface area (TPSA) is 59.4 Å². The number of hydrogen-bond acceptors (Lipinski definition) is 3. The Morgan fingerprint density at radius 3 is 2.56 bits per heavy atom. The molecule has 136 valence electrons. The lowest BCUT2D eigenvalue weighted by atomic mass is 10.2. The van der Waals surface area contributed by atoms with Crippen LogP contribution in [0.2, 0.25) is 0 Å². The second kappa shape index (κ2) is 9.47. The molecule has 3 rings (SSSR count). The van der Waals surface area contributed by atoms with Crippen LogP contribution >= 0.6 is 35.7 Å². The van der Waals surface area contributed by atoms with Gasteiger partial charge in [-0.1, -0.05) is 30.3 Å². The van der Waals surface area contributed by atoms with Crippen LogP contribution in [0.3, 0.4) is 0 Å². The third-order valence-corrected chi connectivity index (χ3v) is 5.38. The first kappa shape index (κ1) is 20.1. The van der Waals surface area contributed by atoms with Gasteiger partial charge in [-0.3, -0.25) is 4.68 Å². The molecule has 1 aromatic heterocycles. The molecule has 0 saturated carbocycles. The third-order valence-electron chi connectivity index (χ3n) is 4.44. The SMILES string of the molecule is Cc1nn(Cc2ccccc2)c(C)c1CN=C(N)N1CCSCC1.I. The van der Waals surface area contributed by atoms with Crippen molar-refractivity contribution in [3.63, 3.8) is 0 Å². The lowest BCUT2D eigenvalue weighted by molar-refractivity contribution is 0.455. The summed E-state index contributed by atoms with van der Waals surface area (Å²) in [7, 11) is 0. The lowest BCUT2D eigenvalue weighted by Gasteiger charge is -2.27. The molecular formula is C18H26IN5S. The van der Waals surface area contributed by atoms with Gasteiger partial charge < -0.3 is 10.6 Å². The van der Waals surface area contributed by atoms with Crippen molar-refractivity contribution in [1.82, 2.24) is 14.7 Å². The summed E-state index contributed by atoms with van der Waals surface area (Å²) in [6.07, 6.45) is 0. The van der Waals surface area contributed by atoms with Gasteiger partial charge in [0.05, 0.1) is 18.8 Å². The van der Waals surface area contributed by atoms with Gasteiger partial charge in [-0.25, -0.2) is 4.99 Å². The van der Waals surface area contributed by atoms with E-state index in [2.05, 4.69) is 50.9 Å². The minimum Gasteiger partial charge on any atom is -0.370 e. The van der Waals surface area contributed by atoms with E-state index in [0.29, 0.717) is 12.5 Å². The first-order valence-electron chi connectivity index (χ1n) is 8.34. The van der Waals surface area contributed by atoms with Gasteiger partial charge in [-0.2, -0.15) is 16.9 Å². The Hall–Kier alpha value is -1.22. The molecule has 0 spiro atoms. The highest BCUT2D eigenvalue weighted by molar-refractivity contribution is 14.0. The average Bonchev–Trinajstić information content (AvgIpc) is 2.88. The number of aliphatic imine (C=N–C) groups is 1. The second-order valence-corrected chi connectivity index (χ2v) is 7.29. The predicted octanol–water partition coefficient (Wildman–Crippen LogP) is 3.03. The van der Waals surface area contributed by atoms with Crippen LogP contribution in [0.15, 0.2) is 35.3 Å². The zero-order valence-corrected chi connectivity index (χ0v) is 18.0. The van der Waals surface area contributed by atoms with E-state index in [1.54, 1.807) is 0 Å². The van der Waals surface area contributed by atoms with E-state index in [1.165, 1.54) is 16.8 Å². The molecule has 0 unspecified atom stereocenters. The van der Waals surface area contributed by atoms with Crippen LogP contribution in [0.4, 0.5) is 0 Å². The van der Waals surface area contributed by atoms with Crippen molar-refractivity contribution in [3.05, 3.63) is 52.8 Å². The van der Waals surface area contributed by atoms with E-state index in [-0.39, 0.29) is 24.0 Å². The number of nitrogens with two attached hydrogens (primary N) is 1. The van der Waals surface area contributed by atoms with Gasteiger partial charge in [0.2, 0.25) is 0 Å². The van der Waals surface area contributed by atoms with Gasteiger partial charge >= 0.3 is 0 Å². The Balaban J connectivity index is 0.00000225. The van der Waals surface area contributed by atoms with Gasteiger partial charge in [-0.05, 0) is 19.4 Å². The Labute approximate surface area is 171 Å². The minimum atomic E-state index is 0. The molecule has 2 N–H and O–H groups in total. The van der Waals surface area contributed by atoms with Crippen molar-refractivity contribution in [2.75, 3.05) is 24.6 Å². The van der Waals surface area contributed by atoms with Gasteiger partial charge in [0.1, 0.15) is 0 Å². The van der Waals surface area contributed by atoms with E-state index in [1.807, 2.05) is 24.8 Å². The highest BCUT2D eigenvalue weighted by Crippen LogP contribution is 2.16. The van der Waals surface area contributed by atoms with Gasteiger partial charge in [0.25, 0.3) is 0 Å². The van der Waals surface area contributed by atoms with Crippen molar-refractivity contribution in [2.45, 2.75) is 26.9 Å². The van der Waals surface area contributed by atoms with E-state index < -0.39 is 0 Å². The number of halogens is 1. The molecule has 0 amide bonds. The molecule has 1 aliphatic heterocycles. The number of aromatic nitrogens is 2. The summed E-state index contributed by atoms with van der Waals surface area (Å²) in [5.74, 6) is 2.91. The van der Waals surface area contributed by atoms with Gasteiger partial charge in [0.15, 0.2) is 5.96 Å². The summed E-state index contributed by atoms with van der Waals surface area (Å²) in [4.78, 5) is 6.79. The first-order valence-corrected chi connectivity index (χ1v) is 9.50. The van der Waals surface area contributed by atoms with Crippen molar-refractivity contribution < 1.29 is 0 Å². The Morgan fingerprint density at radius 1 is 1.20 bits per heavy atom. The number of thioether (sulfide) groups is 1. The van der Waals surface area contributed by atoms with E-state index in [4.69, 9.17) is 5.73 Å². The Morgan fingerprint density at radius 2 is 1.88 bits per heavy atom.